The number of anilines is 1. The van der Waals surface area contributed by atoms with E-state index >= 15 is 0 Å². The second-order valence-corrected chi connectivity index (χ2v) is 13.2. The van der Waals surface area contributed by atoms with Gasteiger partial charge in [0, 0.05) is 10.0 Å². The molecular weight excluding hydrogens is 684 g/mol. The first-order valence-electron chi connectivity index (χ1n) is 15.7. The fourth-order valence-electron chi connectivity index (χ4n) is 5.03. The van der Waals surface area contributed by atoms with Crippen molar-refractivity contribution < 1.29 is 19.0 Å². The lowest BCUT2D eigenvalue weighted by Gasteiger charge is -2.16. The van der Waals surface area contributed by atoms with Crippen LogP contribution in [0.2, 0.25) is 0 Å². The Morgan fingerprint density at radius 1 is 0.729 bits per heavy atom. The number of aryl methyl sites for hydroxylation is 2. The number of carbonyl (C=O) groups is 1. The number of rotatable bonds is 11. The van der Waals surface area contributed by atoms with Gasteiger partial charge in [0.15, 0.2) is 16.7 Å². The Kier molecular flexibility index (Phi) is 10.6. The summed E-state index contributed by atoms with van der Waals surface area (Å²) in [5, 5.41) is 0.592. The molecule has 0 N–H and O–H groups in total. The van der Waals surface area contributed by atoms with Crippen molar-refractivity contribution >= 4 is 56.2 Å². The average Bonchev–Trinajstić information content (AvgIpc) is 3.39. The van der Waals surface area contributed by atoms with Gasteiger partial charge in [-0.1, -0.05) is 87.7 Å². The van der Waals surface area contributed by atoms with Crippen molar-refractivity contribution in [3.63, 3.8) is 0 Å². The summed E-state index contributed by atoms with van der Waals surface area (Å²) in [4.78, 5) is 21.1. The van der Waals surface area contributed by atoms with Crippen LogP contribution in [0.15, 0.2) is 130 Å². The summed E-state index contributed by atoms with van der Waals surface area (Å²) in [6.07, 6.45) is 1.87. The van der Waals surface area contributed by atoms with Gasteiger partial charge in [0.2, 0.25) is 0 Å². The standard InChI is InChI=1S/C40H35BrN2O4S/c1-4-45-37-22-30(14-20-36(37)47-25-29-8-6-5-7-9-29)26-46-35-21-15-32(41)23-31(35)24-38-39(44)43(34-18-12-28(3)13-19-34)40(48-38)42-33-16-10-27(2)11-17-33/h5-24H,4,25-26H2,1-3H3/b38-24+,42-40?. The normalized spacial score (nSPS) is 14.5. The highest BCUT2D eigenvalue weighted by Gasteiger charge is 2.35. The predicted octanol–water partition coefficient (Wildman–Crippen LogP) is 10.4. The van der Waals surface area contributed by atoms with Gasteiger partial charge in [0.1, 0.15) is 19.0 Å². The minimum Gasteiger partial charge on any atom is -0.490 e. The Morgan fingerprint density at radius 2 is 1.40 bits per heavy atom. The predicted molar refractivity (Wildman–Crippen MR) is 199 cm³/mol. The molecule has 0 aliphatic carbocycles. The number of ether oxygens (including phenoxy) is 3. The van der Waals surface area contributed by atoms with Gasteiger partial charge in [-0.05, 0) is 104 Å². The number of amidine groups is 1. The largest absolute Gasteiger partial charge is 0.490 e. The minimum atomic E-state index is -0.145. The van der Waals surface area contributed by atoms with Gasteiger partial charge < -0.3 is 14.2 Å². The van der Waals surface area contributed by atoms with E-state index in [1.807, 2.05) is 142 Å². The number of aliphatic imine (C=N–C) groups is 1. The highest BCUT2D eigenvalue weighted by atomic mass is 79.9. The third kappa shape index (κ3) is 8.19. The summed E-state index contributed by atoms with van der Waals surface area (Å²) in [6.45, 7) is 7.27. The molecular formula is C40H35BrN2O4S. The molecule has 1 aliphatic rings. The first-order chi connectivity index (χ1) is 23.4. The van der Waals surface area contributed by atoms with Gasteiger partial charge in [-0.15, -0.1) is 0 Å². The molecule has 0 saturated carbocycles. The maximum Gasteiger partial charge on any atom is 0.271 e. The monoisotopic (exact) mass is 718 g/mol. The number of halogens is 1. The molecule has 48 heavy (non-hydrogen) atoms. The third-order valence-corrected chi connectivity index (χ3v) is 9.02. The van der Waals surface area contributed by atoms with Crippen LogP contribution < -0.4 is 19.1 Å². The molecule has 0 unspecified atom stereocenters. The fourth-order valence-corrected chi connectivity index (χ4v) is 6.40. The lowest BCUT2D eigenvalue weighted by molar-refractivity contribution is -0.113. The number of hydrogen-bond acceptors (Lipinski definition) is 6. The van der Waals surface area contributed by atoms with Crippen LogP contribution in [0.1, 0.15) is 34.7 Å². The number of nitrogens with zero attached hydrogens (tertiary/aromatic N) is 2. The van der Waals surface area contributed by atoms with Crippen LogP contribution in [-0.4, -0.2) is 17.7 Å². The van der Waals surface area contributed by atoms with Crippen molar-refractivity contribution in [1.29, 1.82) is 0 Å². The lowest BCUT2D eigenvalue weighted by atomic mass is 10.1. The van der Waals surface area contributed by atoms with Crippen LogP contribution in [0.25, 0.3) is 6.08 Å². The highest BCUT2D eigenvalue weighted by Crippen LogP contribution is 2.39. The zero-order valence-electron chi connectivity index (χ0n) is 27.0. The molecule has 6 rings (SSSR count). The molecule has 5 aromatic carbocycles. The Bertz CT molecular complexity index is 1960. The molecule has 0 aromatic heterocycles. The zero-order chi connectivity index (χ0) is 33.5. The first-order valence-corrected chi connectivity index (χ1v) is 17.3. The van der Waals surface area contributed by atoms with Gasteiger partial charge in [-0.3, -0.25) is 9.69 Å². The van der Waals surface area contributed by atoms with Crippen LogP contribution in [0.3, 0.4) is 0 Å². The fraction of sp³-hybridized carbons (Fsp3) is 0.150. The van der Waals surface area contributed by atoms with Crippen molar-refractivity contribution in [1.82, 2.24) is 0 Å². The molecule has 8 heteroatoms. The van der Waals surface area contributed by atoms with E-state index in [2.05, 4.69) is 15.9 Å². The van der Waals surface area contributed by atoms with Crippen LogP contribution >= 0.6 is 27.7 Å². The first kappa shape index (κ1) is 33.1. The molecule has 242 valence electrons. The second-order valence-electron chi connectivity index (χ2n) is 11.3. The van der Waals surface area contributed by atoms with Crippen molar-refractivity contribution in [3.8, 4) is 17.2 Å². The topological polar surface area (TPSA) is 60.4 Å². The van der Waals surface area contributed by atoms with Crippen molar-refractivity contribution in [2.45, 2.75) is 34.0 Å². The number of hydrogen-bond donors (Lipinski definition) is 0. The lowest BCUT2D eigenvalue weighted by Crippen LogP contribution is -2.28. The molecule has 0 radical (unpaired) electrons. The number of amides is 1. The Balaban J connectivity index is 1.25. The van der Waals surface area contributed by atoms with E-state index < -0.39 is 0 Å². The van der Waals surface area contributed by atoms with Crippen molar-refractivity contribution in [3.05, 3.63) is 152 Å². The molecule has 0 atom stereocenters. The number of thioether (sulfide) groups is 1. The van der Waals surface area contributed by atoms with Crippen LogP contribution in [0.5, 0.6) is 17.2 Å². The Morgan fingerprint density at radius 3 is 2.12 bits per heavy atom. The maximum absolute atomic E-state index is 14.0. The van der Waals surface area contributed by atoms with Crippen LogP contribution in [-0.2, 0) is 18.0 Å². The SMILES string of the molecule is CCOc1cc(COc2ccc(Br)cc2/C=C2/SC(=Nc3ccc(C)cc3)N(c3ccc(C)cc3)C2=O)ccc1OCc1ccccc1. The van der Waals surface area contributed by atoms with Crippen LogP contribution in [0, 0.1) is 13.8 Å². The summed E-state index contributed by atoms with van der Waals surface area (Å²) in [7, 11) is 0. The molecule has 1 saturated heterocycles. The number of benzene rings is 5. The summed E-state index contributed by atoms with van der Waals surface area (Å²) in [6, 6.07) is 37.5. The van der Waals surface area contributed by atoms with E-state index in [-0.39, 0.29) is 5.91 Å². The van der Waals surface area contributed by atoms with Gasteiger partial charge in [-0.2, -0.15) is 0 Å². The Labute approximate surface area is 294 Å². The van der Waals surface area contributed by atoms with E-state index in [4.69, 9.17) is 19.2 Å². The summed E-state index contributed by atoms with van der Waals surface area (Å²) >= 11 is 4.95. The average molecular weight is 720 g/mol. The molecule has 1 amide bonds. The quantitative estimate of drug-likeness (QED) is 0.127. The van der Waals surface area contributed by atoms with E-state index in [1.54, 1.807) is 4.90 Å². The van der Waals surface area contributed by atoms with Gasteiger partial charge in [0.05, 0.1) is 22.9 Å². The summed E-state index contributed by atoms with van der Waals surface area (Å²) in [5.41, 5.74) is 6.59. The third-order valence-electron chi connectivity index (χ3n) is 7.56. The minimum absolute atomic E-state index is 0.145. The smallest absolute Gasteiger partial charge is 0.271 e. The van der Waals surface area contributed by atoms with Crippen LogP contribution in [0.4, 0.5) is 11.4 Å². The van der Waals surface area contributed by atoms with E-state index in [9.17, 15) is 4.79 Å². The molecule has 5 aromatic rings. The molecule has 0 bridgehead atoms. The maximum atomic E-state index is 14.0. The summed E-state index contributed by atoms with van der Waals surface area (Å²) in [5.74, 6) is 1.84. The number of carbonyl (C=O) groups excluding carboxylic acids is 1. The van der Waals surface area contributed by atoms with Crippen molar-refractivity contribution in [2.75, 3.05) is 11.5 Å². The van der Waals surface area contributed by atoms with Gasteiger partial charge >= 0.3 is 0 Å². The van der Waals surface area contributed by atoms with Gasteiger partial charge in [0.25, 0.3) is 5.91 Å². The second kappa shape index (κ2) is 15.4. The Hall–Kier alpha value is -4.79. The molecule has 1 heterocycles. The van der Waals surface area contributed by atoms with E-state index in [0.717, 1.165) is 43.7 Å². The van der Waals surface area contributed by atoms with E-state index in [0.29, 0.717) is 47.1 Å². The highest BCUT2D eigenvalue weighted by molar-refractivity contribution is 9.10. The summed E-state index contributed by atoms with van der Waals surface area (Å²) < 4.78 is 19.2. The zero-order valence-corrected chi connectivity index (χ0v) is 29.4. The van der Waals surface area contributed by atoms with E-state index in [1.165, 1.54) is 11.8 Å². The molecule has 1 aliphatic heterocycles. The van der Waals surface area contributed by atoms with Gasteiger partial charge in [-0.25, -0.2) is 4.99 Å². The molecule has 0 spiro atoms. The van der Waals surface area contributed by atoms with Crippen molar-refractivity contribution in [2.24, 2.45) is 4.99 Å². The molecule has 1 fully saturated rings. The molecule has 6 nitrogen and oxygen atoms in total.